The molecule has 0 saturated carbocycles. The predicted molar refractivity (Wildman–Crippen MR) is 122 cm³/mol. The Morgan fingerprint density at radius 3 is 1.40 bits per heavy atom. The number of nitrogens with zero attached hydrogens (tertiary/aromatic N) is 1. The van der Waals surface area contributed by atoms with E-state index in [9.17, 15) is 0 Å². The second-order valence-corrected chi connectivity index (χ2v) is 8.40. The smallest absolute Gasteiger partial charge is 0.113 e. The van der Waals surface area contributed by atoms with Gasteiger partial charge in [0.05, 0.1) is 23.7 Å². The Balaban J connectivity index is 1.31. The largest absolute Gasteiger partial charge is 0.276 e. The van der Waals surface area contributed by atoms with E-state index >= 15 is 0 Å². The maximum atomic E-state index is 4.94. The van der Waals surface area contributed by atoms with Crippen molar-refractivity contribution in [2.75, 3.05) is 0 Å². The van der Waals surface area contributed by atoms with E-state index in [1.165, 1.54) is 35.4 Å². The van der Waals surface area contributed by atoms with Crippen LogP contribution in [0.4, 0.5) is 0 Å². The van der Waals surface area contributed by atoms with Crippen molar-refractivity contribution in [1.82, 2.24) is 34.5 Å². The van der Waals surface area contributed by atoms with Crippen LogP contribution in [0, 0.1) is 0 Å². The summed E-state index contributed by atoms with van der Waals surface area (Å²) in [6.07, 6.45) is -0.0523. The third-order valence-corrected chi connectivity index (χ3v) is 6.44. The van der Waals surface area contributed by atoms with Crippen LogP contribution in [0.5, 0.6) is 0 Å². The summed E-state index contributed by atoms with van der Waals surface area (Å²) < 4.78 is 13.5. The van der Waals surface area contributed by atoms with E-state index < -0.39 is 0 Å². The molecular formula is C21H23N7S2. The number of rotatable bonds is 4. The Labute approximate surface area is 184 Å². The molecule has 1 aromatic heterocycles. The van der Waals surface area contributed by atoms with Gasteiger partial charge in [-0.1, -0.05) is 66.7 Å². The highest BCUT2D eigenvalue weighted by Crippen LogP contribution is 2.26. The minimum atomic E-state index is -0.0688. The zero-order chi connectivity index (χ0) is 20.2. The molecule has 0 spiro atoms. The molecule has 3 aromatic rings. The fourth-order valence-electron chi connectivity index (χ4n) is 3.47. The maximum Gasteiger partial charge on any atom is 0.113 e. The molecule has 30 heavy (non-hydrogen) atoms. The first-order valence-corrected chi connectivity index (χ1v) is 11.4. The molecule has 3 heterocycles. The molecule has 7 nitrogen and oxygen atoms in total. The fraction of sp³-hybridized carbons (Fsp3) is 0.190. The minimum Gasteiger partial charge on any atom is -0.276 e. The van der Waals surface area contributed by atoms with Gasteiger partial charge in [-0.15, -0.1) is 0 Å². The summed E-state index contributed by atoms with van der Waals surface area (Å²) in [7, 11) is 0. The topological polar surface area (TPSA) is 85.1 Å². The van der Waals surface area contributed by atoms with Crippen LogP contribution in [0.3, 0.4) is 0 Å². The molecule has 0 radical (unpaired) electrons. The van der Waals surface area contributed by atoms with Crippen LogP contribution in [0.2, 0.25) is 0 Å². The van der Waals surface area contributed by atoms with E-state index in [-0.39, 0.29) is 24.7 Å². The van der Waals surface area contributed by atoms with Gasteiger partial charge in [0, 0.05) is 24.3 Å². The first-order valence-electron chi connectivity index (χ1n) is 9.79. The zero-order valence-electron chi connectivity index (χ0n) is 16.1. The van der Waals surface area contributed by atoms with Crippen LogP contribution in [0.1, 0.15) is 47.2 Å². The van der Waals surface area contributed by atoms with Gasteiger partial charge in [0.2, 0.25) is 0 Å². The molecule has 2 aliphatic heterocycles. The molecule has 2 fully saturated rings. The summed E-state index contributed by atoms with van der Waals surface area (Å²) in [6.45, 7) is 0. The van der Waals surface area contributed by atoms with Crippen LogP contribution in [-0.4, -0.2) is 4.98 Å². The van der Waals surface area contributed by atoms with Crippen LogP contribution in [0.15, 0.2) is 78.9 Å². The van der Waals surface area contributed by atoms with E-state index in [0.717, 1.165) is 11.4 Å². The molecule has 9 heteroatoms. The molecule has 2 aliphatic rings. The van der Waals surface area contributed by atoms with Crippen LogP contribution in [0.25, 0.3) is 0 Å². The van der Waals surface area contributed by atoms with Gasteiger partial charge >= 0.3 is 0 Å². The van der Waals surface area contributed by atoms with E-state index in [2.05, 4.69) is 84.1 Å². The Morgan fingerprint density at radius 2 is 0.933 bits per heavy atom. The Hall–Kier alpha value is -1.95. The highest BCUT2D eigenvalue weighted by molar-refractivity contribution is 7.95. The van der Waals surface area contributed by atoms with Crippen molar-refractivity contribution in [3.05, 3.63) is 101 Å². The van der Waals surface area contributed by atoms with Gasteiger partial charge in [-0.25, -0.2) is 18.9 Å². The Kier molecular flexibility index (Phi) is 6.30. The summed E-state index contributed by atoms with van der Waals surface area (Å²) in [5, 5.41) is 7.17. The number of hydrogen-bond donors (Lipinski definition) is 6. The molecule has 2 saturated heterocycles. The minimum absolute atomic E-state index is 0.0426. The van der Waals surface area contributed by atoms with Crippen LogP contribution < -0.4 is 29.5 Å². The second-order valence-electron chi connectivity index (χ2n) is 7.05. The average molecular weight is 438 g/mol. The van der Waals surface area contributed by atoms with Crippen LogP contribution in [-0.2, 0) is 0 Å². The molecule has 154 valence electrons. The fourth-order valence-corrected chi connectivity index (χ4v) is 4.87. The lowest BCUT2D eigenvalue weighted by atomic mass is 10.1. The summed E-state index contributed by atoms with van der Waals surface area (Å²) in [5.41, 5.74) is 4.28. The lowest BCUT2D eigenvalue weighted by Gasteiger charge is -2.34. The summed E-state index contributed by atoms with van der Waals surface area (Å²) in [6, 6.07) is 26.9. The van der Waals surface area contributed by atoms with Gasteiger partial charge in [-0.2, -0.15) is 0 Å². The van der Waals surface area contributed by atoms with Crippen molar-refractivity contribution < 1.29 is 0 Å². The second kappa shape index (κ2) is 9.46. The van der Waals surface area contributed by atoms with Crippen LogP contribution >= 0.6 is 24.3 Å². The van der Waals surface area contributed by atoms with Crippen molar-refractivity contribution in [1.29, 1.82) is 0 Å². The molecule has 4 unspecified atom stereocenters. The Bertz CT molecular complexity index is 885. The monoisotopic (exact) mass is 437 g/mol. The molecule has 5 rings (SSSR count). The van der Waals surface area contributed by atoms with E-state index in [4.69, 9.17) is 4.98 Å². The first kappa shape index (κ1) is 20.0. The van der Waals surface area contributed by atoms with E-state index in [1.807, 2.05) is 24.3 Å². The standard InChI is InChI=1S/C21H23N7S2/c1-3-8-14(9-4-1)18-23-20(27-29-25-18)16-12-7-13-17(22-16)21-24-19(26-30-28-21)15-10-5-2-6-11-15/h1-13,18-21,23-28H. The normalized spacial score (nSPS) is 26.9. The quantitative estimate of drug-likeness (QED) is 0.345. The Morgan fingerprint density at radius 1 is 0.500 bits per heavy atom. The van der Waals surface area contributed by atoms with Crippen molar-refractivity contribution in [3.63, 3.8) is 0 Å². The molecule has 4 atom stereocenters. The molecule has 2 aromatic carbocycles. The van der Waals surface area contributed by atoms with Crippen molar-refractivity contribution >= 4 is 24.3 Å². The lowest BCUT2D eigenvalue weighted by molar-refractivity contribution is 0.382. The van der Waals surface area contributed by atoms with Gasteiger partial charge in [0.25, 0.3) is 0 Å². The maximum absolute atomic E-state index is 4.94. The number of hydrogen-bond acceptors (Lipinski definition) is 9. The third-order valence-electron chi connectivity index (χ3n) is 5.02. The summed E-state index contributed by atoms with van der Waals surface area (Å²) in [4.78, 5) is 4.94. The predicted octanol–water partition coefficient (Wildman–Crippen LogP) is 3.17. The van der Waals surface area contributed by atoms with Gasteiger partial charge < -0.3 is 0 Å². The zero-order valence-corrected chi connectivity index (χ0v) is 17.7. The highest BCUT2D eigenvalue weighted by atomic mass is 32.2. The van der Waals surface area contributed by atoms with Gasteiger partial charge in [0.1, 0.15) is 12.3 Å². The number of benzene rings is 2. The van der Waals surface area contributed by atoms with Gasteiger partial charge in [-0.05, 0) is 23.3 Å². The van der Waals surface area contributed by atoms with E-state index in [0.29, 0.717) is 0 Å². The lowest BCUT2D eigenvalue weighted by Crippen LogP contribution is -2.46. The third kappa shape index (κ3) is 4.53. The van der Waals surface area contributed by atoms with Crippen molar-refractivity contribution in [2.24, 2.45) is 0 Å². The number of pyridine rings is 1. The molecule has 0 bridgehead atoms. The molecule has 0 amide bonds. The molecule has 6 N–H and O–H groups in total. The van der Waals surface area contributed by atoms with Gasteiger partial charge in [0.15, 0.2) is 0 Å². The highest BCUT2D eigenvalue weighted by Gasteiger charge is 2.27. The van der Waals surface area contributed by atoms with E-state index in [1.54, 1.807) is 0 Å². The number of aromatic nitrogens is 1. The summed E-state index contributed by atoms with van der Waals surface area (Å²) >= 11 is 2.98. The van der Waals surface area contributed by atoms with Crippen molar-refractivity contribution in [2.45, 2.75) is 24.7 Å². The SMILES string of the molecule is c1ccc(C2NSNC(c3cccc(C4NSNC(c5ccccc5)N4)n3)N2)cc1. The number of nitrogens with one attached hydrogen (secondary N) is 6. The first-order chi connectivity index (χ1) is 14.9. The molecular weight excluding hydrogens is 414 g/mol. The molecule has 0 aliphatic carbocycles. The van der Waals surface area contributed by atoms with Crippen molar-refractivity contribution in [3.8, 4) is 0 Å². The van der Waals surface area contributed by atoms with Gasteiger partial charge in [-0.3, -0.25) is 15.6 Å². The average Bonchev–Trinajstić information content (AvgIpc) is 2.85. The summed E-state index contributed by atoms with van der Waals surface area (Å²) in [5.74, 6) is 0.